The fraction of sp³-hybridized carbons (Fsp3) is 0.484. The fourth-order valence-electron chi connectivity index (χ4n) is 4.58. The minimum Gasteiger partial charge on any atom is -0.486 e. The van der Waals surface area contributed by atoms with Gasteiger partial charge >= 0.3 is 0 Å². The summed E-state index contributed by atoms with van der Waals surface area (Å²) in [6, 6.07) is 13.9. The lowest BCUT2D eigenvalue weighted by molar-refractivity contribution is -0.122. The normalized spacial score (nSPS) is 17.2. The van der Waals surface area contributed by atoms with Gasteiger partial charge in [-0.05, 0) is 61.0 Å². The topological polar surface area (TPSA) is 51.1 Å². The number of amidine groups is 1. The van der Waals surface area contributed by atoms with Gasteiger partial charge in [0.1, 0.15) is 13.2 Å². The maximum absolute atomic E-state index is 13.4. The molecule has 37 heavy (non-hydrogen) atoms. The number of ether oxygens (including phenoxy) is 2. The summed E-state index contributed by atoms with van der Waals surface area (Å²) < 4.78 is 11.4. The van der Waals surface area contributed by atoms with Crippen LogP contribution in [0.25, 0.3) is 6.08 Å². The smallest absolute Gasteiger partial charge is 0.266 e. The molecule has 2 aromatic rings. The average molecular weight is 521 g/mol. The quantitative estimate of drug-likeness (QED) is 0.197. The van der Waals surface area contributed by atoms with Gasteiger partial charge in [0.2, 0.25) is 0 Å². The van der Waals surface area contributed by atoms with Crippen LogP contribution in [0.5, 0.6) is 11.5 Å². The highest BCUT2D eigenvalue weighted by Crippen LogP contribution is 2.36. The summed E-state index contributed by atoms with van der Waals surface area (Å²) in [6.45, 7) is 6.13. The Morgan fingerprint density at radius 2 is 1.51 bits per heavy atom. The lowest BCUT2D eigenvalue weighted by Crippen LogP contribution is -2.30. The summed E-state index contributed by atoms with van der Waals surface area (Å²) in [7, 11) is 0. The van der Waals surface area contributed by atoms with Crippen molar-refractivity contribution in [2.45, 2.75) is 78.1 Å². The van der Waals surface area contributed by atoms with Crippen LogP contribution < -0.4 is 9.47 Å². The molecular weight excluding hydrogens is 480 g/mol. The highest BCUT2D eigenvalue weighted by atomic mass is 32.2. The number of unbranched alkanes of at least 4 members (excludes halogenated alkanes) is 9. The molecule has 198 valence electrons. The number of hydrogen-bond acceptors (Lipinski definition) is 5. The van der Waals surface area contributed by atoms with Crippen molar-refractivity contribution >= 4 is 34.6 Å². The number of benzene rings is 2. The van der Waals surface area contributed by atoms with E-state index < -0.39 is 0 Å². The van der Waals surface area contributed by atoms with Gasteiger partial charge in [-0.25, -0.2) is 4.99 Å². The van der Waals surface area contributed by atoms with Crippen LogP contribution >= 0.6 is 11.8 Å². The van der Waals surface area contributed by atoms with Gasteiger partial charge in [0, 0.05) is 6.54 Å². The zero-order chi connectivity index (χ0) is 25.9. The third-order valence-corrected chi connectivity index (χ3v) is 7.75. The third kappa shape index (κ3) is 8.13. The van der Waals surface area contributed by atoms with Crippen molar-refractivity contribution < 1.29 is 14.3 Å². The predicted octanol–water partition coefficient (Wildman–Crippen LogP) is 8.29. The molecule has 2 heterocycles. The van der Waals surface area contributed by atoms with Crippen LogP contribution in [0, 0.1) is 6.92 Å². The lowest BCUT2D eigenvalue weighted by atomic mass is 10.1. The number of rotatable bonds is 13. The Balaban J connectivity index is 1.38. The minimum atomic E-state index is 0.0293. The molecular formula is C31H40N2O3S. The molecule has 0 spiro atoms. The fourth-order valence-corrected chi connectivity index (χ4v) is 5.60. The Labute approximate surface area is 226 Å². The van der Waals surface area contributed by atoms with Crippen molar-refractivity contribution in [3.05, 3.63) is 58.5 Å². The van der Waals surface area contributed by atoms with Gasteiger partial charge in [-0.2, -0.15) is 0 Å². The van der Waals surface area contributed by atoms with E-state index in [0.29, 0.717) is 24.7 Å². The number of hydrogen-bond donors (Lipinski definition) is 0. The second kappa shape index (κ2) is 14.3. The molecule has 0 atom stereocenters. The summed E-state index contributed by atoms with van der Waals surface area (Å²) >= 11 is 1.45. The second-order valence-corrected chi connectivity index (χ2v) is 10.9. The van der Waals surface area contributed by atoms with E-state index in [4.69, 9.17) is 14.5 Å². The van der Waals surface area contributed by atoms with Crippen molar-refractivity contribution in [1.29, 1.82) is 0 Å². The largest absolute Gasteiger partial charge is 0.486 e. The first-order valence-corrected chi connectivity index (χ1v) is 14.7. The Kier molecular flexibility index (Phi) is 10.5. The van der Waals surface area contributed by atoms with E-state index in [-0.39, 0.29) is 5.91 Å². The zero-order valence-corrected chi connectivity index (χ0v) is 23.2. The molecule has 6 heteroatoms. The number of aryl methyl sites for hydroxylation is 1. The molecule has 1 saturated heterocycles. The molecule has 2 aliphatic heterocycles. The summed E-state index contributed by atoms with van der Waals surface area (Å²) in [5.74, 6) is 1.51. The monoisotopic (exact) mass is 520 g/mol. The average Bonchev–Trinajstić information content (AvgIpc) is 3.19. The molecule has 0 N–H and O–H groups in total. The van der Waals surface area contributed by atoms with E-state index in [9.17, 15) is 4.79 Å². The van der Waals surface area contributed by atoms with Crippen LogP contribution in [0.1, 0.15) is 82.3 Å². The van der Waals surface area contributed by atoms with Gasteiger partial charge in [0.25, 0.3) is 5.91 Å². The van der Waals surface area contributed by atoms with Crippen LogP contribution in [-0.2, 0) is 4.79 Å². The van der Waals surface area contributed by atoms with Crippen LogP contribution in [-0.4, -0.2) is 35.7 Å². The number of nitrogens with zero attached hydrogens (tertiary/aromatic N) is 2. The molecule has 5 nitrogen and oxygen atoms in total. The van der Waals surface area contributed by atoms with Crippen LogP contribution in [0.2, 0.25) is 0 Å². The Hall–Kier alpha value is -2.73. The van der Waals surface area contributed by atoms with Crippen molar-refractivity contribution in [2.75, 3.05) is 19.8 Å². The molecule has 4 rings (SSSR count). The molecule has 1 fully saturated rings. The first kappa shape index (κ1) is 27.3. The number of amides is 1. The molecule has 1 amide bonds. The van der Waals surface area contributed by atoms with Gasteiger partial charge in [-0.15, -0.1) is 0 Å². The van der Waals surface area contributed by atoms with Gasteiger partial charge in [-0.3, -0.25) is 9.69 Å². The van der Waals surface area contributed by atoms with Crippen molar-refractivity contribution in [2.24, 2.45) is 4.99 Å². The first-order valence-electron chi connectivity index (χ1n) is 13.9. The van der Waals surface area contributed by atoms with E-state index >= 15 is 0 Å². The van der Waals surface area contributed by atoms with Gasteiger partial charge in [-0.1, -0.05) is 88.5 Å². The maximum atomic E-state index is 13.4. The van der Waals surface area contributed by atoms with Gasteiger partial charge < -0.3 is 9.47 Å². The number of fused-ring (bicyclic) bond motifs is 1. The first-order chi connectivity index (χ1) is 18.1. The maximum Gasteiger partial charge on any atom is 0.266 e. The number of thioether (sulfide) groups is 1. The van der Waals surface area contributed by atoms with Crippen LogP contribution in [0.15, 0.2) is 52.4 Å². The SMILES string of the molecule is CCCCCCCCCCCCN1C(=O)/C(=C/c2ccc3c(c2)OCCO3)S/C1=N\c1ccc(C)cc1. The summed E-state index contributed by atoms with van der Waals surface area (Å²) in [5, 5.41) is 0.758. The van der Waals surface area contributed by atoms with Gasteiger partial charge in [0.05, 0.1) is 10.6 Å². The van der Waals surface area contributed by atoms with E-state index in [2.05, 4.69) is 26.0 Å². The van der Waals surface area contributed by atoms with E-state index in [1.165, 1.54) is 68.7 Å². The van der Waals surface area contributed by atoms with Crippen LogP contribution in [0.4, 0.5) is 5.69 Å². The standard InChI is InChI=1S/C31H40N2O3S/c1-3-4-5-6-7-8-9-10-11-12-19-33-30(34)29(37-31(33)32-26-16-13-24(2)14-17-26)23-25-15-18-27-28(22-25)36-21-20-35-27/h13-18,22-23H,3-12,19-21H2,1-2H3/b29-23-,32-31-. The summed E-state index contributed by atoms with van der Waals surface area (Å²) in [6.07, 6.45) is 14.7. The number of carbonyl (C=O) groups is 1. The Morgan fingerprint density at radius 3 is 2.22 bits per heavy atom. The summed E-state index contributed by atoms with van der Waals surface area (Å²) in [4.78, 5) is 20.9. The number of aliphatic imine (C=N–C) groups is 1. The molecule has 0 unspecified atom stereocenters. The highest BCUT2D eigenvalue weighted by molar-refractivity contribution is 8.18. The molecule has 0 saturated carbocycles. The van der Waals surface area contributed by atoms with E-state index in [1.54, 1.807) is 0 Å². The predicted molar refractivity (Wildman–Crippen MR) is 155 cm³/mol. The molecule has 0 bridgehead atoms. The number of carbonyl (C=O) groups excluding carboxylic acids is 1. The molecule has 0 radical (unpaired) electrons. The lowest BCUT2D eigenvalue weighted by Gasteiger charge is -2.18. The van der Waals surface area contributed by atoms with Crippen molar-refractivity contribution in [3.8, 4) is 11.5 Å². The highest BCUT2D eigenvalue weighted by Gasteiger charge is 2.33. The molecule has 0 aliphatic carbocycles. The zero-order valence-electron chi connectivity index (χ0n) is 22.3. The Bertz CT molecular complexity index is 1090. The minimum absolute atomic E-state index is 0.0293. The van der Waals surface area contributed by atoms with E-state index in [1.807, 2.05) is 41.3 Å². The third-order valence-electron chi connectivity index (χ3n) is 6.75. The molecule has 2 aliphatic rings. The summed E-state index contributed by atoms with van der Waals surface area (Å²) in [5.41, 5.74) is 2.99. The van der Waals surface area contributed by atoms with Gasteiger partial charge in [0.15, 0.2) is 16.7 Å². The molecule has 0 aromatic heterocycles. The Morgan fingerprint density at radius 1 is 0.865 bits per heavy atom. The van der Waals surface area contributed by atoms with E-state index in [0.717, 1.165) is 40.8 Å². The molecule has 2 aromatic carbocycles. The van der Waals surface area contributed by atoms with Crippen molar-refractivity contribution in [1.82, 2.24) is 4.90 Å². The van der Waals surface area contributed by atoms with Crippen LogP contribution in [0.3, 0.4) is 0 Å². The second-order valence-electron chi connectivity index (χ2n) is 9.88. The van der Waals surface area contributed by atoms with Crippen molar-refractivity contribution in [3.63, 3.8) is 0 Å².